The molecular weight excluding hydrogens is 422 g/mol. The average molecular weight is 456 g/mol. The molecule has 1 fully saturated rings. The van der Waals surface area contributed by atoms with Gasteiger partial charge in [0.1, 0.15) is 12.2 Å². The van der Waals surface area contributed by atoms with Crippen LogP contribution in [0.15, 0.2) is 24.3 Å². The summed E-state index contributed by atoms with van der Waals surface area (Å²) in [5.74, 6) is 1.07. The Labute approximate surface area is 195 Å². The highest BCUT2D eigenvalue weighted by Crippen LogP contribution is 2.62. The molecule has 4 aliphatic rings. The second-order valence-corrected chi connectivity index (χ2v) is 9.61. The number of esters is 2. The predicted molar refractivity (Wildman–Crippen MR) is 121 cm³/mol. The largest absolute Gasteiger partial charge is 0.482 e. The van der Waals surface area contributed by atoms with E-state index in [1.807, 2.05) is 13.0 Å². The molecule has 0 radical (unpaired) electrons. The van der Waals surface area contributed by atoms with E-state index in [4.69, 9.17) is 18.9 Å². The molecule has 2 heterocycles. The van der Waals surface area contributed by atoms with Gasteiger partial charge >= 0.3 is 11.9 Å². The normalized spacial score (nSPS) is 31.0. The first-order valence-electron chi connectivity index (χ1n) is 12.1. The Balaban J connectivity index is 1.40. The second-order valence-electron chi connectivity index (χ2n) is 9.61. The molecule has 5 rings (SSSR count). The van der Waals surface area contributed by atoms with Gasteiger partial charge in [-0.1, -0.05) is 18.2 Å². The van der Waals surface area contributed by atoms with Crippen molar-refractivity contribution in [1.82, 2.24) is 4.90 Å². The lowest BCUT2D eigenvalue weighted by molar-refractivity contribution is -0.143. The zero-order valence-electron chi connectivity index (χ0n) is 19.7. The summed E-state index contributed by atoms with van der Waals surface area (Å²) in [5, 5.41) is 0. The van der Waals surface area contributed by atoms with Crippen molar-refractivity contribution in [2.45, 2.75) is 69.6 Å². The highest BCUT2D eigenvalue weighted by Gasteiger charge is 2.64. The van der Waals surface area contributed by atoms with Gasteiger partial charge in [0.25, 0.3) is 0 Å². The van der Waals surface area contributed by atoms with Crippen LogP contribution in [0.1, 0.15) is 50.7 Å². The maximum Gasteiger partial charge on any atom is 0.308 e. The number of nitrogens with zero attached hydrogens (tertiary/aromatic N) is 1. The van der Waals surface area contributed by atoms with Crippen molar-refractivity contribution in [2.24, 2.45) is 5.92 Å². The maximum absolute atomic E-state index is 11.7. The molecule has 1 spiro atoms. The molecule has 1 saturated heterocycles. The van der Waals surface area contributed by atoms with Gasteiger partial charge in [0.2, 0.25) is 0 Å². The smallest absolute Gasteiger partial charge is 0.308 e. The SMILES string of the molecule is CCOC(=O)CCCCOC1C=C[C@H]2[C@H]3Cc4ccc(OC(C)=O)c5c4[C@@]2(CCN3C)C1O5. The van der Waals surface area contributed by atoms with Gasteiger partial charge in [-0.2, -0.15) is 0 Å². The average Bonchev–Trinajstić information content (AvgIpc) is 3.13. The van der Waals surface area contributed by atoms with Gasteiger partial charge in [-0.05, 0) is 57.8 Å². The van der Waals surface area contributed by atoms with Gasteiger partial charge in [-0.25, -0.2) is 0 Å². The minimum Gasteiger partial charge on any atom is -0.482 e. The molecule has 5 atom stereocenters. The number of hydrogen-bond acceptors (Lipinski definition) is 7. The second kappa shape index (κ2) is 8.76. The van der Waals surface area contributed by atoms with Crippen LogP contribution in [0.5, 0.6) is 11.5 Å². The van der Waals surface area contributed by atoms with Crippen LogP contribution in [-0.4, -0.2) is 61.9 Å². The van der Waals surface area contributed by atoms with Crippen molar-refractivity contribution in [2.75, 3.05) is 26.8 Å². The van der Waals surface area contributed by atoms with E-state index >= 15 is 0 Å². The summed E-state index contributed by atoms with van der Waals surface area (Å²) in [7, 11) is 2.21. The summed E-state index contributed by atoms with van der Waals surface area (Å²) in [6, 6.07) is 4.40. The summed E-state index contributed by atoms with van der Waals surface area (Å²) in [6.07, 6.45) is 8.04. The van der Waals surface area contributed by atoms with Gasteiger partial charge in [-0.15, -0.1) is 0 Å². The highest BCUT2D eigenvalue weighted by atomic mass is 16.6. The zero-order valence-corrected chi connectivity index (χ0v) is 19.7. The molecule has 7 heteroatoms. The third-order valence-corrected chi connectivity index (χ3v) is 7.76. The highest BCUT2D eigenvalue weighted by molar-refractivity contribution is 5.72. The van der Waals surface area contributed by atoms with Gasteiger partial charge in [0.05, 0.1) is 6.61 Å². The van der Waals surface area contributed by atoms with Crippen molar-refractivity contribution in [1.29, 1.82) is 0 Å². The van der Waals surface area contributed by atoms with Crippen LogP contribution in [0.2, 0.25) is 0 Å². The van der Waals surface area contributed by atoms with Crippen LogP contribution in [0, 0.1) is 5.92 Å². The fraction of sp³-hybridized carbons (Fsp3) is 0.615. The molecular formula is C26H33NO6. The van der Waals surface area contributed by atoms with E-state index < -0.39 is 0 Å². The Hall–Kier alpha value is -2.38. The van der Waals surface area contributed by atoms with E-state index in [1.54, 1.807) is 0 Å². The molecule has 0 aromatic heterocycles. The monoisotopic (exact) mass is 455 g/mol. The number of benzene rings is 1. The summed E-state index contributed by atoms with van der Waals surface area (Å²) in [5.41, 5.74) is 2.35. The predicted octanol–water partition coefficient (Wildman–Crippen LogP) is 3.18. The molecule has 0 N–H and O–H groups in total. The van der Waals surface area contributed by atoms with Crippen LogP contribution in [0.25, 0.3) is 0 Å². The fourth-order valence-electron chi connectivity index (χ4n) is 6.41. The lowest BCUT2D eigenvalue weighted by Crippen LogP contribution is -2.65. The summed E-state index contributed by atoms with van der Waals surface area (Å²) in [6.45, 7) is 5.21. The number of rotatable bonds is 8. The maximum atomic E-state index is 11.7. The topological polar surface area (TPSA) is 74.3 Å². The van der Waals surface area contributed by atoms with Crippen molar-refractivity contribution in [3.63, 3.8) is 0 Å². The lowest BCUT2D eigenvalue weighted by atomic mass is 9.53. The van der Waals surface area contributed by atoms with Gasteiger partial charge in [-0.3, -0.25) is 9.59 Å². The quantitative estimate of drug-likeness (QED) is 0.258. The van der Waals surface area contributed by atoms with Crippen LogP contribution in [0.3, 0.4) is 0 Å². The Morgan fingerprint density at radius 3 is 2.88 bits per heavy atom. The number of piperidine rings is 1. The van der Waals surface area contributed by atoms with Crippen molar-refractivity contribution in [3.05, 3.63) is 35.4 Å². The number of carbonyl (C=O) groups is 2. The molecule has 0 amide bonds. The third kappa shape index (κ3) is 3.66. The first-order valence-corrected chi connectivity index (χ1v) is 12.1. The number of hydrogen-bond donors (Lipinski definition) is 0. The molecule has 33 heavy (non-hydrogen) atoms. The van der Waals surface area contributed by atoms with E-state index in [-0.39, 0.29) is 29.6 Å². The summed E-state index contributed by atoms with van der Waals surface area (Å²) in [4.78, 5) is 25.8. The number of unbranched alkanes of at least 4 members (excludes halogenated alkanes) is 1. The molecule has 2 unspecified atom stereocenters. The third-order valence-electron chi connectivity index (χ3n) is 7.76. The molecule has 1 aromatic rings. The minimum absolute atomic E-state index is 0.153. The van der Waals surface area contributed by atoms with Gasteiger partial charge < -0.3 is 23.8 Å². The summed E-state index contributed by atoms with van der Waals surface area (Å²) < 4.78 is 23.5. The van der Waals surface area contributed by atoms with Gasteiger partial charge in [0, 0.05) is 42.9 Å². The van der Waals surface area contributed by atoms with Crippen LogP contribution in [-0.2, 0) is 30.9 Å². The Kier molecular flexibility index (Phi) is 5.95. The standard InChI is InChI=1S/C26H33NO6/c1-4-30-22(29)7-5-6-14-31-21-11-9-18-19-15-17-8-10-20(32-16(2)28)24-23(17)26(18,25(21)33-24)12-13-27(19)3/h8-11,18-19,21,25H,4-7,12-15H2,1-3H3/t18-,19+,21?,25?,26-/m0/s1. The summed E-state index contributed by atoms with van der Waals surface area (Å²) >= 11 is 0. The molecule has 7 nitrogen and oxygen atoms in total. The van der Waals surface area contributed by atoms with Crippen LogP contribution in [0.4, 0.5) is 0 Å². The molecule has 178 valence electrons. The first-order chi connectivity index (χ1) is 16.0. The lowest BCUT2D eigenvalue weighted by Gasteiger charge is -2.56. The van der Waals surface area contributed by atoms with Crippen LogP contribution >= 0.6 is 0 Å². The van der Waals surface area contributed by atoms with Gasteiger partial charge in [0.15, 0.2) is 11.5 Å². The van der Waals surface area contributed by atoms with Crippen molar-refractivity contribution in [3.8, 4) is 11.5 Å². The van der Waals surface area contributed by atoms with E-state index in [1.165, 1.54) is 18.1 Å². The zero-order chi connectivity index (χ0) is 23.2. The number of ether oxygens (including phenoxy) is 4. The Morgan fingerprint density at radius 1 is 1.24 bits per heavy atom. The van der Waals surface area contributed by atoms with Crippen molar-refractivity contribution >= 4 is 11.9 Å². The fourth-order valence-corrected chi connectivity index (χ4v) is 6.41. The Bertz CT molecular complexity index is 974. The number of carbonyl (C=O) groups excluding carboxylic acids is 2. The molecule has 2 aliphatic carbocycles. The van der Waals surface area contributed by atoms with E-state index in [0.29, 0.717) is 37.3 Å². The van der Waals surface area contributed by atoms with E-state index in [0.717, 1.165) is 38.0 Å². The van der Waals surface area contributed by atoms with Crippen LogP contribution < -0.4 is 9.47 Å². The molecule has 2 bridgehead atoms. The molecule has 1 aromatic carbocycles. The van der Waals surface area contributed by atoms with E-state index in [9.17, 15) is 9.59 Å². The Morgan fingerprint density at radius 2 is 2.09 bits per heavy atom. The minimum atomic E-state index is -0.344. The first kappa shape index (κ1) is 22.4. The number of likely N-dealkylation sites (tertiary alicyclic amines) is 1. The molecule has 2 aliphatic heterocycles. The van der Waals surface area contributed by atoms with Crippen molar-refractivity contribution < 1.29 is 28.5 Å². The van der Waals surface area contributed by atoms with E-state index in [2.05, 4.69) is 30.2 Å². The molecule has 0 saturated carbocycles. The number of likely N-dealkylation sites (N-methyl/N-ethyl adjacent to an activating group) is 1.